The number of nitrogens with one attached hydrogen (secondary N) is 1. The quantitative estimate of drug-likeness (QED) is 0.710. The molecular formula is C13H26N2O2. The predicted octanol–water partition coefficient (Wildman–Crippen LogP) is 1.12. The van der Waals surface area contributed by atoms with Crippen molar-refractivity contribution < 1.29 is 9.53 Å². The fraction of sp³-hybridized carbons (Fsp3) is 0.923. The molecule has 1 saturated heterocycles. The van der Waals surface area contributed by atoms with Crippen LogP contribution < -0.4 is 5.32 Å². The molecule has 0 bridgehead atoms. The first-order valence-electron chi connectivity index (χ1n) is 6.59. The first-order chi connectivity index (χ1) is 8.11. The third-order valence-electron chi connectivity index (χ3n) is 3.19. The number of hydrogen-bond donors (Lipinski definition) is 1. The van der Waals surface area contributed by atoms with Crippen molar-refractivity contribution in [3.05, 3.63) is 0 Å². The highest BCUT2D eigenvalue weighted by Crippen LogP contribution is 2.20. The van der Waals surface area contributed by atoms with Gasteiger partial charge in [-0.25, -0.2) is 0 Å². The van der Waals surface area contributed by atoms with E-state index in [9.17, 15) is 4.79 Å². The lowest BCUT2D eigenvalue weighted by Crippen LogP contribution is -2.40. The number of rotatable bonds is 6. The third-order valence-corrected chi connectivity index (χ3v) is 3.19. The summed E-state index contributed by atoms with van der Waals surface area (Å²) in [4.78, 5) is 13.7. The summed E-state index contributed by atoms with van der Waals surface area (Å²) in [6.07, 6.45) is 2.37. The third kappa shape index (κ3) is 6.03. The maximum Gasteiger partial charge on any atom is 0.245 e. The van der Waals surface area contributed by atoms with Crippen LogP contribution in [-0.4, -0.2) is 50.7 Å². The van der Waals surface area contributed by atoms with Crippen molar-refractivity contribution in [1.82, 2.24) is 10.2 Å². The highest BCUT2D eigenvalue weighted by molar-refractivity contribution is 5.77. The van der Waals surface area contributed by atoms with Crippen LogP contribution >= 0.6 is 0 Å². The van der Waals surface area contributed by atoms with Crippen molar-refractivity contribution in [2.45, 2.75) is 26.7 Å². The number of carbonyl (C=O) groups is 1. The van der Waals surface area contributed by atoms with E-state index < -0.39 is 0 Å². The Morgan fingerprint density at radius 2 is 2.00 bits per heavy atom. The van der Waals surface area contributed by atoms with Crippen LogP contribution in [0, 0.1) is 11.8 Å². The maximum absolute atomic E-state index is 11.1. The van der Waals surface area contributed by atoms with Crippen LogP contribution in [-0.2, 0) is 9.53 Å². The first-order valence-corrected chi connectivity index (χ1v) is 6.59. The smallest absolute Gasteiger partial charge is 0.245 e. The summed E-state index contributed by atoms with van der Waals surface area (Å²) in [6.45, 7) is 9.06. The Labute approximate surface area is 105 Å². The van der Waals surface area contributed by atoms with E-state index in [0.29, 0.717) is 0 Å². The molecule has 4 nitrogen and oxygen atoms in total. The van der Waals surface area contributed by atoms with Crippen molar-refractivity contribution in [2.75, 3.05) is 39.9 Å². The lowest BCUT2D eigenvalue weighted by Gasteiger charge is -2.34. The molecule has 0 saturated carbocycles. The molecule has 0 aromatic heterocycles. The molecule has 1 amide bonds. The van der Waals surface area contributed by atoms with Crippen molar-refractivity contribution in [2.24, 2.45) is 11.8 Å². The minimum atomic E-state index is -0.0205. The number of likely N-dealkylation sites (tertiary alicyclic amines) is 1. The summed E-state index contributed by atoms with van der Waals surface area (Å²) in [6, 6.07) is 0. The van der Waals surface area contributed by atoms with Crippen molar-refractivity contribution in [3.8, 4) is 0 Å². The molecule has 1 heterocycles. The molecule has 2 unspecified atom stereocenters. The Hall–Kier alpha value is -0.610. The zero-order chi connectivity index (χ0) is 12.7. The van der Waals surface area contributed by atoms with Crippen LogP contribution in [0.15, 0.2) is 0 Å². The molecule has 0 radical (unpaired) electrons. The van der Waals surface area contributed by atoms with Gasteiger partial charge in [0.05, 0.1) is 0 Å². The summed E-state index contributed by atoms with van der Waals surface area (Å²) in [5.41, 5.74) is 0. The lowest BCUT2D eigenvalue weighted by molar-refractivity contribution is -0.124. The Morgan fingerprint density at radius 1 is 1.35 bits per heavy atom. The summed E-state index contributed by atoms with van der Waals surface area (Å²) < 4.78 is 4.76. The Morgan fingerprint density at radius 3 is 2.59 bits per heavy atom. The molecule has 1 aliphatic rings. The average molecular weight is 242 g/mol. The van der Waals surface area contributed by atoms with Crippen molar-refractivity contribution in [3.63, 3.8) is 0 Å². The second-order valence-corrected chi connectivity index (χ2v) is 5.34. The van der Waals surface area contributed by atoms with Crippen molar-refractivity contribution >= 4 is 5.91 Å². The average Bonchev–Trinajstić information content (AvgIpc) is 2.23. The van der Waals surface area contributed by atoms with Gasteiger partial charge >= 0.3 is 0 Å². The van der Waals surface area contributed by atoms with E-state index in [0.717, 1.165) is 31.3 Å². The van der Waals surface area contributed by atoms with E-state index in [-0.39, 0.29) is 12.5 Å². The van der Waals surface area contributed by atoms with Gasteiger partial charge in [-0.3, -0.25) is 4.79 Å². The van der Waals surface area contributed by atoms with Gasteiger partial charge in [0.15, 0.2) is 0 Å². The van der Waals surface area contributed by atoms with Gasteiger partial charge < -0.3 is 15.0 Å². The fourth-order valence-corrected chi connectivity index (χ4v) is 2.69. The van der Waals surface area contributed by atoms with E-state index in [1.165, 1.54) is 26.6 Å². The van der Waals surface area contributed by atoms with Crippen LogP contribution in [0.4, 0.5) is 0 Å². The van der Waals surface area contributed by atoms with Gasteiger partial charge in [0.1, 0.15) is 6.61 Å². The molecule has 0 aromatic rings. The van der Waals surface area contributed by atoms with E-state index >= 15 is 0 Å². The minimum Gasteiger partial charge on any atom is -0.375 e. The Kier molecular flexibility index (Phi) is 6.52. The number of hydrogen-bond acceptors (Lipinski definition) is 3. The van der Waals surface area contributed by atoms with Gasteiger partial charge in [0.25, 0.3) is 0 Å². The first kappa shape index (κ1) is 14.5. The molecule has 100 valence electrons. The van der Waals surface area contributed by atoms with Crippen LogP contribution in [0.1, 0.15) is 26.7 Å². The molecule has 17 heavy (non-hydrogen) atoms. The second-order valence-electron chi connectivity index (χ2n) is 5.34. The Balaban J connectivity index is 2.08. The molecule has 0 aliphatic carbocycles. The lowest BCUT2D eigenvalue weighted by atomic mass is 9.92. The molecule has 4 heteroatoms. The monoisotopic (exact) mass is 242 g/mol. The van der Waals surface area contributed by atoms with E-state index in [1.807, 2.05) is 0 Å². The highest BCUT2D eigenvalue weighted by Gasteiger charge is 2.20. The standard InChI is InChI=1S/C13H26N2O2/c1-11-7-12(2)9-15(8-11)6-4-5-14-13(16)10-17-3/h11-12H,4-10H2,1-3H3,(H,14,16). The van der Waals surface area contributed by atoms with Gasteiger partial charge in [-0.15, -0.1) is 0 Å². The summed E-state index contributed by atoms with van der Waals surface area (Å²) in [5, 5.41) is 2.85. The molecule has 1 aliphatic heterocycles. The highest BCUT2D eigenvalue weighted by atomic mass is 16.5. The van der Waals surface area contributed by atoms with Crippen molar-refractivity contribution in [1.29, 1.82) is 0 Å². The number of methoxy groups -OCH3 is 1. The topological polar surface area (TPSA) is 41.6 Å². The number of carbonyl (C=O) groups excluding carboxylic acids is 1. The molecule has 1 fully saturated rings. The molecule has 1 rings (SSSR count). The van der Waals surface area contributed by atoms with E-state index in [1.54, 1.807) is 0 Å². The number of nitrogens with zero attached hydrogens (tertiary/aromatic N) is 1. The molecule has 2 atom stereocenters. The molecular weight excluding hydrogens is 216 g/mol. The molecule has 1 N–H and O–H groups in total. The zero-order valence-electron chi connectivity index (χ0n) is 11.4. The largest absolute Gasteiger partial charge is 0.375 e. The van der Waals surface area contributed by atoms with Gasteiger partial charge in [-0.05, 0) is 31.2 Å². The van der Waals surface area contributed by atoms with Gasteiger partial charge in [-0.1, -0.05) is 13.8 Å². The predicted molar refractivity (Wildman–Crippen MR) is 68.9 cm³/mol. The zero-order valence-corrected chi connectivity index (χ0v) is 11.4. The number of piperidine rings is 1. The summed E-state index contributed by atoms with van der Waals surface area (Å²) in [5.74, 6) is 1.59. The number of amides is 1. The van der Waals surface area contributed by atoms with Gasteiger partial charge in [-0.2, -0.15) is 0 Å². The molecule has 0 spiro atoms. The maximum atomic E-state index is 11.1. The normalized spacial score (nSPS) is 25.8. The van der Waals surface area contributed by atoms with Crippen LogP contribution in [0.25, 0.3) is 0 Å². The van der Waals surface area contributed by atoms with Gasteiger partial charge in [0, 0.05) is 26.7 Å². The van der Waals surface area contributed by atoms with Crippen LogP contribution in [0.5, 0.6) is 0 Å². The summed E-state index contributed by atoms with van der Waals surface area (Å²) >= 11 is 0. The second kappa shape index (κ2) is 7.67. The number of ether oxygens (including phenoxy) is 1. The van der Waals surface area contributed by atoms with Crippen LogP contribution in [0.2, 0.25) is 0 Å². The SMILES string of the molecule is COCC(=O)NCCCN1CC(C)CC(C)C1. The molecule has 0 aromatic carbocycles. The Bertz CT molecular complexity index is 223. The van der Waals surface area contributed by atoms with E-state index in [2.05, 4.69) is 24.1 Å². The van der Waals surface area contributed by atoms with E-state index in [4.69, 9.17) is 4.74 Å². The van der Waals surface area contributed by atoms with Crippen LogP contribution in [0.3, 0.4) is 0 Å². The minimum absolute atomic E-state index is 0.0205. The summed E-state index contributed by atoms with van der Waals surface area (Å²) in [7, 11) is 1.54. The fourth-order valence-electron chi connectivity index (χ4n) is 2.69. The van der Waals surface area contributed by atoms with Gasteiger partial charge in [0.2, 0.25) is 5.91 Å².